The zero-order valence-corrected chi connectivity index (χ0v) is 10.1. The molecular weight excluding hydrogens is 230 g/mol. The van der Waals surface area contributed by atoms with Crippen molar-refractivity contribution in [1.29, 1.82) is 0 Å². The Labute approximate surface area is 94.6 Å². The van der Waals surface area contributed by atoms with Crippen LogP contribution in [0.4, 0.5) is 0 Å². The van der Waals surface area contributed by atoms with Crippen LogP contribution in [0.2, 0.25) is 0 Å². The predicted octanol–water partition coefficient (Wildman–Crippen LogP) is 0.992. The zero-order valence-electron chi connectivity index (χ0n) is 8.42. The maximum atomic E-state index is 11.6. The van der Waals surface area contributed by atoms with Gasteiger partial charge in [0, 0.05) is 40.4 Å². The largest absolute Gasteiger partial charge is 0.327 e. The molecule has 2 aromatic heterocycles. The summed E-state index contributed by atoms with van der Waals surface area (Å²) < 4.78 is 13.6. The van der Waals surface area contributed by atoms with Gasteiger partial charge in [-0.1, -0.05) is 0 Å². The minimum atomic E-state index is -0.908. The van der Waals surface area contributed by atoms with Crippen LogP contribution >= 0.6 is 11.3 Å². The average molecular weight is 243 g/mol. The van der Waals surface area contributed by atoms with Crippen molar-refractivity contribution < 1.29 is 4.21 Å². The Morgan fingerprint density at radius 3 is 3.20 bits per heavy atom. The molecule has 0 radical (unpaired) electrons. The van der Waals surface area contributed by atoms with Gasteiger partial charge < -0.3 is 5.73 Å². The van der Waals surface area contributed by atoms with Crippen molar-refractivity contribution in [1.82, 2.24) is 9.38 Å². The van der Waals surface area contributed by atoms with Gasteiger partial charge in [0.05, 0.1) is 11.4 Å². The number of nitrogens with zero attached hydrogens (tertiary/aromatic N) is 2. The second-order valence-corrected chi connectivity index (χ2v) is 5.93. The SMILES string of the molecule is CC(N)CS(=O)Cc1cn2ccsc2n1. The van der Waals surface area contributed by atoms with Crippen molar-refractivity contribution in [2.45, 2.75) is 18.7 Å². The minimum absolute atomic E-state index is 0.0189. The molecule has 2 atom stereocenters. The van der Waals surface area contributed by atoms with E-state index in [0.717, 1.165) is 10.7 Å². The summed E-state index contributed by atoms with van der Waals surface area (Å²) in [6, 6.07) is -0.0189. The van der Waals surface area contributed by atoms with Crippen molar-refractivity contribution in [3.05, 3.63) is 23.5 Å². The Bertz CT molecular complexity index is 446. The van der Waals surface area contributed by atoms with Gasteiger partial charge >= 0.3 is 0 Å². The molecule has 0 aliphatic heterocycles. The topological polar surface area (TPSA) is 60.4 Å². The first-order valence-electron chi connectivity index (χ1n) is 4.67. The van der Waals surface area contributed by atoms with Gasteiger partial charge in [-0.25, -0.2) is 4.98 Å². The highest BCUT2D eigenvalue weighted by molar-refractivity contribution is 7.84. The number of nitrogens with two attached hydrogens (primary N) is 1. The van der Waals surface area contributed by atoms with E-state index in [0.29, 0.717) is 11.5 Å². The second-order valence-electron chi connectivity index (χ2n) is 3.55. The van der Waals surface area contributed by atoms with Gasteiger partial charge in [0.2, 0.25) is 0 Å². The predicted molar refractivity (Wildman–Crippen MR) is 63.4 cm³/mol. The minimum Gasteiger partial charge on any atom is -0.327 e. The number of imidazole rings is 1. The van der Waals surface area contributed by atoms with Crippen LogP contribution in [0.25, 0.3) is 4.96 Å². The van der Waals surface area contributed by atoms with E-state index in [-0.39, 0.29) is 6.04 Å². The molecular formula is C9H13N3OS2. The summed E-state index contributed by atoms with van der Waals surface area (Å²) in [5.74, 6) is 1.03. The van der Waals surface area contributed by atoms with Gasteiger partial charge in [0.25, 0.3) is 0 Å². The van der Waals surface area contributed by atoms with E-state index >= 15 is 0 Å². The molecule has 0 bridgehead atoms. The van der Waals surface area contributed by atoms with Crippen LogP contribution in [0, 0.1) is 0 Å². The Kier molecular flexibility index (Phi) is 3.18. The molecule has 82 valence electrons. The van der Waals surface area contributed by atoms with Gasteiger partial charge in [-0.2, -0.15) is 0 Å². The normalized spacial score (nSPS) is 15.6. The molecule has 2 N–H and O–H groups in total. The molecule has 4 nitrogen and oxygen atoms in total. The monoisotopic (exact) mass is 243 g/mol. The third-order valence-electron chi connectivity index (χ3n) is 1.90. The van der Waals surface area contributed by atoms with Crippen LogP contribution in [0.3, 0.4) is 0 Å². The molecule has 0 aliphatic rings. The first-order chi connectivity index (χ1) is 7.15. The molecule has 6 heteroatoms. The maximum Gasteiger partial charge on any atom is 0.193 e. The van der Waals surface area contributed by atoms with E-state index in [1.807, 2.05) is 29.1 Å². The van der Waals surface area contributed by atoms with Gasteiger partial charge in [-0.15, -0.1) is 11.3 Å². The first-order valence-corrected chi connectivity index (χ1v) is 7.03. The summed E-state index contributed by atoms with van der Waals surface area (Å²) in [6.45, 7) is 1.86. The highest BCUT2D eigenvalue weighted by Gasteiger charge is 2.08. The summed E-state index contributed by atoms with van der Waals surface area (Å²) in [7, 11) is -0.908. The Morgan fingerprint density at radius 2 is 2.53 bits per heavy atom. The number of hydrogen-bond donors (Lipinski definition) is 1. The average Bonchev–Trinajstić information content (AvgIpc) is 2.60. The summed E-state index contributed by atoms with van der Waals surface area (Å²) in [6.07, 6.45) is 3.87. The molecule has 15 heavy (non-hydrogen) atoms. The molecule has 0 saturated heterocycles. The van der Waals surface area contributed by atoms with Crippen LogP contribution < -0.4 is 5.73 Å². The zero-order chi connectivity index (χ0) is 10.8. The van der Waals surface area contributed by atoms with Crippen LogP contribution in [-0.4, -0.2) is 25.4 Å². The lowest BCUT2D eigenvalue weighted by molar-refractivity contribution is 0.675. The number of fused-ring (bicyclic) bond motifs is 1. The lowest BCUT2D eigenvalue weighted by Crippen LogP contribution is -2.23. The molecule has 2 heterocycles. The van der Waals surface area contributed by atoms with Crippen molar-refractivity contribution in [2.75, 3.05) is 5.75 Å². The quantitative estimate of drug-likeness (QED) is 0.871. The van der Waals surface area contributed by atoms with Gasteiger partial charge in [0.1, 0.15) is 0 Å². The fraction of sp³-hybridized carbons (Fsp3) is 0.444. The first kappa shape index (κ1) is 10.8. The van der Waals surface area contributed by atoms with Crippen molar-refractivity contribution in [3.8, 4) is 0 Å². The molecule has 0 amide bonds. The molecule has 0 aliphatic carbocycles. The third kappa shape index (κ3) is 2.64. The Hall–Kier alpha value is -0.720. The molecule has 2 rings (SSSR count). The van der Waals surface area contributed by atoms with Gasteiger partial charge in [-0.05, 0) is 6.92 Å². The number of aromatic nitrogens is 2. The summed E-state index contributed by atoms with van der Waals surface area (Å²) in [5.41, 5.74) is 6.46. The fourth-order valence-electron chi connectivity index (χ4n) is 1.36. The van der Waals surface area contributed by atoms with E-state index in [1.54, 1.807) is 11.3 Å². The molecule has 0 spiro atoms. The summed E-state index contributed by atoms with van der Waals surface area (Å²) >= 11 is 1.58. The van der Waals surface area contributed by atoms with E-state index in [4.69, 9.17) is 5.73 Å². The van der Waals surface area contributed by atoms with E-state index in [9.17, 15) is 4.21 Å². The molecule has 2 aromatic rings. The third-order valence-corrected chi connectivity index (χ3v) is 4.19. The number of rotatable bonds is 4. The van der Waals surface area contributed by atoms with Crippen molar-refractivity contribution in [3.63, 3.8) is 0 Å². The Morgan fingerprint density at radius 1 is 1.73 bits per heavy atom. The summed E-state index contributed by atoms with van der Waals surface area (Å²) in [5, 5.41) is 1.98. The second kappa shape index (κ2) is 4.42. The van der Waals surface area contributed by atoms with E-state index in [2.05, 4.69) is 4.98 Å². The van der Waals surface area contributed by atoms with E-state index < -0.39 is 10.8 Å². The molecule has 0 fully saturated rings. The number of hydrogen-bond acceptors (Lipinski definition) is 4. The lowest BCUT2D eigenvalue weighted by Gasteiger charge is -2.02. The van der Waals surface area contributed by atoms with Crippen LogP contribution in [0.5, 0.6) is 0 Å². The lowest BCUT2D eigenvalue weighted by atomic mass is 10.4. The van der Waals surface area contributed by atoms with Crippen LogP contribution in [0.1, 0.15) is 12.6 Å². The molecule has 2 unspecified atom stereocenters. The van der Waals surface area contributed by atoms with Gasteiger partial charge in [0.15, 0.2) is 4.96 Å². The van der Waals surface area contributed by atoms with Crippen molar-refractivity contribution >= 4 is 27.1 Å². The van der Waals surface area contributed by atoms with Crippen LogP contribution in [0.15, 0.2) is 17.8 Å². The number of thiazole rings is 1. The molecule has 0 aromatic carbocycles. The summed E-state index contributed by atoms with van der Waals surface area (Å²) in [4.78, 5) is 5.31. The standard InChI is InChI=1S/C9H13N3OS2/c1-7(10)5-15(13)6-8-4-12-2-3-14-9(12)11-8/h2-4,7H,5-6,10H2,1H3. The molecule has 0 saturated carbocycles. The van der Waals surface area contributed by atoms with Gasteiger partial charge in [-0.3, -0.25) is 8.61 Å². The van der Waals surface area contributed by atoms with Crippen molar-refractivity contribution in [2.24, 2.45) is 5.73 Å². The Balaban J connectivity index is 2.06. The highest BCUT2D eigenvalue weighted by atomic mass is 32.2. The van der Waals surface area contributed by atoms with E-state index in [1.165, 1.54) is 0 Å². The fourth-order valence-corrected chi connectivity index (χ4v) is 3.25. The maximum absolute atomic E-state index is 11.6. The highest BCUT2D eigenvalue weighted by Crippen LogP contribution is 2.12. The smallest absolute Gasteiger partial charge is 0.193 e. The van der Waals surface area contributed by atoms with Crippen LogP contribution in [-0.2, 0) is 16.6 Å².